The van der Waals surface area contributed by atoms with Crippen molar-refractivity contribution in [1.29, 1.82) is 0 Å². The van der Waals surface area contributed by atoms with Gasteiger partial charge in [0.05, 0.1) is 5.56 Å². The van der Waals surface area contributed by atoms with Crippen molar-refractivity contribution in [3.05, 3.63) is 58.7 Å². The lowest BCUT2D eigenvalue weighted by atomic mass is 9.89. The summed E-state index contributed by atoms with van der Waals surface area (Å²) in [6, 6.07) is 7.90. The number of fused-ring (bicyclic) bond motifs is 3. The molecule has 3 rings (SSSR count). The summed E-state index contributed by atoms with van der Waals surface area (Å²) in [5.41, 5.74) is -3.31. The van der Waals surface area contributed by atoms with Gasteiger partial charge < -0.3 is 10.2 Å². The Morgan fingerprint density at radius 3 is 2.36 bits per heavy atom. The number of halogens is 3. The molecule has 1 unspecified atom stereocenters. The highest BCUT2D eigenvalue weighted by Gasteiger charge is 2.61. The highest BCUT2D eigenvalue weighted by Crippen LogP contribution is 2.55. The number of aliphatic hydroxyl groups is 1. The number of benzene rings is 2. The molecule has 114 valence electrons. The Hall–Kier alpha value is -2.34. The van der Waals surface area contributed by atoms with E-state index in [0.717, 1.165) is 6.07 Å². The number of carbonyl (C=O) groups is 1. The molecule has 2 aromatic rings. The molecule has 0 fully saturated rings. The summed E-state index contributed by atoms with van der Waals surface area (Å²) < 4.78 is 40.7. The first-order chi connectivity index (χ1) is 10.2. The minimum absolute atomic E-state index is 0.237. The lowest BCUT2D eigenvalue weighted by Gasteiger charge is -2.28. The van der Waals surface area contributed by atoms with Crippen LogP contribution in [-0.4, -0.2) is 22.4 Å². The van der Waals surface area contributed by atoms with Crippen LogP contribution in [0.2, 0.25) is 0 Å². The molecule has 3 nitrogen and oxygen atoms in total. The average Bonchev–Trinajstić information content (AvgIpc) is 2.70. The van der Waals surface area contributed by atoms with E-state index >= 15 is 0 Å². The Kier molecular flexibility index (Phi) is 2.87. The quantitative estimate of drug-likeness (QED) is 0.848. The van der Waals surface area contributed by atoms with Gasteiger partial charge in [0.2, 0.25) is 5.60 Å². The maximum Gasteiger partial charge on any atom is 0.425 e. The van der Waals surface area contributed by atoms with Crippen LogP contribution < -0.4 is 0 Å². The molecular weight excluding hydrogens is 297 g/mol. The molecule has 0 amide bonds. The lowest BCUT2D eigenvalue weighted by Crippen LogP contribution is -2.41. The van der Waals surface area contributed by atoms with E-state index in [-0.39, 0.29) is 22.3 Å². The topological polar surface area (TPSA) is 57.5 Å². The van der Waals surface area contributed by atoms with Crippen LogP contribution >= 0.6 is 0 Å². The molecular formula is C16H11F3O3. The molecule has 0 heterocycles. The molecule has 22 heavy (non-hydrogen) atoms. The highest BCUT2D eigenvalue weighted by atomic mass is 19.4. The molecule has 6 heteroatoms. The third kappa shape index (κ3) is 1.70. The second-order valence-electron chi connectivity index (χ2n) is 5.27. The first-order valence-corrected chi connectivity index (χ1v) is 6.45. The molecule has 1 aliphatic rings. The number of aryl methyl sites for hydroxylation is 1. The SMILES string of the molecule is Cc1cc(C(=O)O)cc2c1-c1ccccc1C2(O)C(F)(F)F. The van der Waals surface area contributed by atoms with Crippen molar-refractivity contribution in [3.63, 3.8) is 0 Å². The average molecular weight is 308 g/mol. The monoisotopic (exact) mass is 308 g/mol. The minimum Gasteiger partial charge on any atom is -0.478 e. The van der Waals surface area contributed by atoms with E-state index in [1.165, 1.54) is 31.2 Å². The fourth-order valence-electron chi connectivity index (χ4n) is 3.02. The smallest absolute Gasteiger partial charge is 0.425 e. The van der Waals surface area contributed by atoms with Crippen molar-refractivity contribution in [1.82, 2.24) is 0 Å². The lowest BCUT2D eigenvalue weighted by molar-refractivity contribution is -0.246. The zero-order chi connectivity index (χ0) is 16.3. The van der Waals surface area contributed by atoms with Crippen LogP contribution in [0.3, 0.4) is 0 Å². The normalized spacial score (nSPS) is 19.7. The van der Waals surface area contributed by atoms with E-state index in [0.29, 0.717) is 5.56 Å². The number of rotatable bonds is 1. The molecule has 1 aliphatic carbocycles. The van der Waals surface area contributed by atoms with Crippen LogP contribution in [0.1, 0.15) is 27.0 Å². The fraction of sp³-hybridized carbons (Fsp3) is 0.188. The number of alkyl halides is 3. The fourth-order valence-corrected chi connectivity index (χ4v) is 3.02. The predicted octanol–water partition coefficient (Wildman–Crippen LogP) is 3.47. The van der Waals surface area contributed by atoms with Gasteiger partial charge in [-0.1, -0.05) is 24.3 Å². The van der Waals surface area contributed by atoms with Crippen LogP contribution in [0.25, 0.3) is 11.1 Å². The maximum absolute atomic E-state index is 13.6. The maximum atomic E-state index is 13.6. The van der Waals surface area contributed by atoms with Crippen LogP contribution in [0.4, 0.5) is 13.2 Å². The number of hydrogen-bond donors (Lipinski definition) is 2. The zero-order valence-electron chi connectivity index (χ0n) is 11.4. The number of carboxylic acids is 1. The zero-order valence-corrected chi connectivity index (χ0v) is 11.4. The number of carboxylic acid groups (broad SMARTS) is 1. The van der Waals surface area contributed by atoms with Gasteiger partial charge in [-0.2, -0.15) is 13.2 Å². The Morgan fingerprint density at radius 2 is 1.77 bits per heavy atom. The number of aromatic carboxylic acids is 1. The first-order valence-electron chi connectivity index (χ1n) is 6.45. The molecule has 1 atom stereocenters. The molecule has 2 aromatic carbocycles. The third-order valence-electron chi connectivity index (χ3n) is 3.97. The van der Waals surface area contributed by atoms with Crippen molar-refractivity contribution in [2.45, 2.75) is 18.7 Å². The van der Waals surface area contributed by atoms with Gasteiger partial charge in [-0.15, -0.1) is 0 Å². The van der Waals surface area contributed by atoms with E-state index in [2.05, 4.69) is 0 Å². The van der Waals surface area contributed by atoms with E-state index in [1.54, 1.807) is 6.07 Å². The molecule has 0 spiro atoms. The van der Waals surface area contributed by atoms with Crippen molar-refractivity contribution in [2.24, 2.45) is 0 Å². The standard InChI is InChI=1S/C16H11F3O3/c1-8-6-9(14(20)21)7-12-13(8)10-4-2-3-5-11(10)15(12,22)16(17,18)19/h2-7,22H,1H3,(H,20,21). The predicted molar refractivity (Wildman–Crippen MR) is 72.6 cm³/mol. The van der Waals surface area contributed by atoms with Crippen LogP contribution in [0, 0.1) is 6.92 Å². The molecule has 0 aromatic heterocycles. The van der Waals surface area contributed by atoms with Crippen molar-refractivity contribution < 1.29 is 28.2 Å². The van der Waals surface area contributed by atoms with E-state index < -0.39 is 23.3 Å². The Balaban J connectivity index is 2.45. The number of hydrogen-bond acceptors (Lipinski definition) is 2. The van der Waals surface area contributed by atoms with E-state index in [1.807, 2.05) is 0 Å². The van der Waals surface area contributed by atoms with Gasteiger partial charge in [0, 0.05) is 11.1 Å². The highest BCUT2D eigenvalue weighted by molar-refractivity contribution is 5.92. The van der Waals surface area contributed by atoms with Gasteiger partial charge in [0.25, 0.3) is 0 Å². The molecule has 0 aliphatic heterocycles. The molecule has 2 N–H and O–H groups in total. The third-order valence-corrected chi connectivity index (χ3v) is 3.97. The van der Waals surface area contributed by atoms with E-state index in [9.17, 15) is 23.1 Å². The van der Waals surface area contributed by atoms with E-state index in [4.69, 9.17) is 5.11 Å². The van der Waals surface area contributed by atoms with Crippen molar-refractivity contribution in [3.8, 4) is 11.1 Å². The second kappa shape index (κ2) is 4.33. The summed E-state index contributed by atoms with van der Waals surface area (Å²) in [7, 11) is 0. The Bertz CT molecular complexity index is 796. The Labute approximate surface area is 123 Å². The second-order valence-corrected chi connectivity index (χ2v) is 5.27. The first kappa shape index (κ1) is 14.6. The van der Waals surface area contributed by atoms with Crippen molar-refractivity contribution in [2.75, 3.05) is 0 Å². The van der Waals surface area contributed by atoms with Crippen LogP contribution in [-0.2, 0) is 5.60 Å². The summed E-state index contributed by atoms with van der Waals surface area (Å²) in [6.07, 6.45) is -4.96. The summed E-state index contributed by atoms with van der Waals surface area (Å²) >= 11 is 0. The molecule has 0 saturated carbocycles. The Morgan fingerprint density at radius 1 is 1.14 bits per heavy atom. The van der Waals surface area contributed by atoms with Crippen molar-refractivity contribution >= 4 is 5.97 Å². The van der Waals surface area contributed by atoms with Crippen LogP contribution in [0.15, 0.2) is 36.4 Å². The van der Waals surface area contributed by atoms with Gasteiger partial charge in [-0.25, -0.2) is 4.79 Å². The molecule has 0 saturated heterocycles. The molecule has 0 bridgehead atoms. The van der Waals surface area contributed by atoms with Gasteiger partial charge in [-0.3, -0.25) is 0 Å². The van der Waals surface area contributed by atoms with Gasteiger partial charge in [0.15, 0.2) is 0 Å². The summed E-state index contributed by atoms with van der Waals surface area (Å²) in [4.78, 5) is 11.1. The van der Waals surface area contributed by atoms with Gasteiger partial charge in [-0.05, 0) is 35.7 Å². The summed E-state index contributed by atoms with van der Waals surface area (Å²) in [6.45, 7) is 1.53. The summed E-state index contributed by atoms with van der Waals surface area (Å²) in [5.74, 6) is -1.34. The largest absolute Gasteiger partial charge is 0.478 e. The minimum atomic E-state index is -4.96. The molecule has 0 radical (unpaired) electrons. The summed E-state index contributed by atoms with van der Waals surface area (Å²) in [5, 5.41) is 19.5. The van der Waals surface area contributed by atoms with Gasteiger partial charge in [0.1, 0.15) is 0 Å². The van der Waals surface area contributed by atoms with Crippen LogP contribution in [0.5, 0.6) is 0 Å². The van der Waals surface area contributed by atoms with Gasteiger partial charge >= 0.3 is 12.1 Å².